The van der Waals surface area contributed by atoms with Gasteiger partial charge in [0.2, 0.25) is 0 Å². The number of nitrogens with one attached hydrogen (secondary N) is 1. The van der Waals surface area contributed by atoms with Gasteiger partial charge in [-0.15, -0.1) is 0 Å². The third-order valence-electron chi connectivity index (χ3n) is 3.07. The lowest BCUT2D eigenvalue weighted by molar-refractivity contribution is -0.139. The first kappa shape index (κ1) is 16.4. The minimum Gasteiger partial charge on any atom is -0.280 e. The number of alkyl halides is 3. The van der Waals surface area contributed by atoms with Crippen LogP contribution in [0.3, 0.4) is 0 Å². The van der Waals surface area contributed by atoms with E-state index in [1.807, 2.05) is 13.0 Å². The van der Waals surface area contributed by atoms with Crippen LogP contribution >= 0.6 is 0 Å². The molecule has 1 N–H and O–H groups in total. The second-order valence-corrected chi connectivity index (χ2v) is 6.30. The molecule has 0 heterocycles. The zero-order valence-corrected chi connectivity index (χ0v) is 12.5. The van der Waals surface area contributed by atoms with Crippen molar-refractivity contribution in [3.63, 3.8) is 0 Å². The van der Waals surface area contributed by atoms with Crippen molar-refractivity contribution in [1.29, 1.82) is 0 Å². The monoisotopic (exact) mass is 329 g/mol. The van der Waals surface area contributed by atoms with E-state index < -0.39 is 26.7 Å². The molecular weight excluding hydrogens is 315 g/mol. The Morgan fingerprint density at radius 3 is 2.36 bits per heavy atom. The highest BCUT2D eigenvalue weighted by atomic mass is 32.2. The Hall–Kier alpha value is -2.02. The first-order chi connectivity index (χ1) is 10.2. The van der Waals surface area contributed by atoms with E-state index in [1.54, 1.807) is 12.1 Å². The van der Waals surface area contributed by atoms with Crippen molar-refractivity contribution >= 4 is 15.7 Å². The zero-order chi connectivity index (χ0) is 16.4. The molecular formula is C15H14F3NO2S. The standard InChI is InChI=1S/C15H14F3NO2S/c1-2-11-6-5-7-12(10-11)19-22(20,21)14-9-4-3-8-13(14)15(16,17)18/h3-10,19H,2H2,1H3. The molecule has 0 spiro atoms. The van der Waals surface area contributed by atoms with E-state index in [1.165, 1.54) is 12.1 Å². The molecule has 0 amide bonds. The van der Waals surface area contributed by atoms with Crippen molar-refractivity contribution in [3.05, 3.63) is 59.7 Å². The van der Waals surface area contributed by atoms with E-state index >= 15 is 0 Å². The van der Waals surface area contributed by atoms with Gasteiger partial charge < -0.3 is 0 Å². The molecule has 2 rings (SSSR count). The quantitative estimate of drug-likeness (QED) is 0.919. The highest BCUT2D eigenvalue weighted by Gasteiger charge is 2.36. The molecule has 118 valence electrons. The van der Waals surface area contributed by atoms with Gasteiger partial charge in [0.15, 0.2) is 0 Å². The SMILES string of the molecule is CCc1cccc(NS(=O)(=O)c2ccccc2C(F)(F)F)c1. The largest absolute Gasteiger partial charge is 0.417 e. The van der Waals surface area contributed by atoms with Gasteiger partial charge in [0.25, 0.3) is 10.0 Å². The third kappa shape index (κ3) is 3.59. The fraction of sp³-hybridized carbons (Fsp3) is 0.200. The maximum Gasteiger partial charge on any atom is 0.417 e. The van der Waals surface area contributed by atoms with Crippen LogP contribution in [0.4, 0.5) is 18.9 Å². The van der Waals surface area contributed by atoms with E-state index in [0.29, 0.717) is 6.42 Å². The van der Waals surface area contributed by atoms with E-state index in [9.17, 15) is 21.6 Å². The van der Waals surface area contributed by atoms with Crippen molar-refractivity contribution in [2.45, 2.75) is 24.4 Å². The Morgan fingerprint density at radius 1 is 1.05 bits per heavy atom. The maximum absolute atomic E-state index is 12.9. The zero-order valence-electron chi connectivity index (χ0n) is 11.7. The van der Waals surface area contributed by atoms with E-state index in [-0.39, 0.29) is 5.69 Å². The average Bonchev–Trinajstić information content (AvgIpc) is 2.46. The summed E-state index contributed by atoms with van der Waals surface area (Å²) in [5.41, 5.74) is -0.0743. The Kier molecular flexibility index (Phi) is 4.46. The number of sulfonamides is 1. The molecule has 0 saturated heterocycles. The van der Waals surface area contributed by atoms with Crippen LogP contribution in [0.1, 0.15) is 18.1 Å². The van der Waals surface area contributed by atoms with E-state index in [0.717, 1.165) is 23.8 Å². The maximum atomic E-state index is 12.9. The molecule has 2 aromatic rings. The molecule has 0 saturated carbocycles. The summed E-state index contributed by atoms with van der Waals surface area (Å²) in [5, 5.41) is 0. The number of rotatable bonds is 4. The minimum atomic E-state index is -4.74. The molecule has 2 aromatic carbocycles. The molecule has 0 aliphatic carbocycles. The molecule has 7 heteroatoms. The summed E-state index contributed by atoms with van der Waals surface area (Å²) < 4.78 is 65.5. The number of hydrogen-bond acceptors (Lipinski definition) is 2. The second kappa shape index (κ2) is 6.00. The van der Waals surface area contributed by atoms with Crippen LogP contribution in [0.5, 0.6) is 0 Å². The predicted octanol–water partition coefficient (Wildman–Crippen LogP) is 4.07. The summed E-state index contributed by atoms with van der Waals surface area (Å²) in [5.74, 6) is 0. The van der Waals surface area contributed by atoms with Crippen LogP contribution in [0.25, 0.3) is 0 Å². The van der Waals surface area contributed by atoms with Gasteiger partial charge in [0, 0.05) is 5.69 Å². The fourth-order valence-corrected chi connectivity index (χ4v) is 3.28. The number of hydrogen-bond donors (Lipinski definition) is 1. The summed E-state index contributed by atoms with van der Waals surface area (Å²) >= 11 is 0. The number of anilines is 1. The molecule has 22 heavy (non-hydrogen) atoms. The van der Waals surface area contributed by atoms with Gasteiger partial charge in [-0.3, -0.25) is 4.72 Å². The summed E-state index contributed by atoms with van der Waals surface area (Å²) in [6.07, 6.45) is -4.05. The molecule has 0 aliphatic heterocycles. The Bertz CT molecular complexity index is 770. The second-order valence-electron chi connectivity index (χ2n) is 4.65. The number of aryl methyl sites for hydroxylation is 1. The predicted molar refractivity (Wildman–Crippen MR) is 78.1 cm³/mol. The van der Waals surface area contributed by atoms with Crippen LogP contribution in [0, 0.1) is 0 Å². The van der Waals surface area contributed by atoms with Crippen molar-refractivity contribution in [2.75, 3.05) is 4.72 Å². The van der Waals surface area contributed by atoms with Crippen molar-refractivity contribution in [3.8, 4) is 0 Å². The number of benzene rings is 2. The summed E-state index contributed by atoms with van der Waals surface area (Å²) in [4.78, 5) is -0.788. The third-order valence-corrected chi connectivity index (χ3v) is 4.51. The van der Waals surface area contributed by atoms with Gasteiger partial charge in [-0.1, -0.05) is 31.2 Å². The lowest BCUT2D eigenvalue weighted by Gasteiger charge is -2.14. The van der Waals surface area contributed by atoms with E-state index in [2.05, 4.69) is 4.72 Å². The molecule has 0 unspecified atom stereocenters. The van der Waals surface area contributed by atoms with Crippen molar-refractivity contribution < 1.29 is 21.6 Å². The van der Waals surface area contributed by atoms with Crippen LogP contribution in [0.15, 0.2) is 53.4 Å². The topological polar surface area (TPSA) is 46.2 Å². The van der Waals surface area contributed by atoms with Crippen molar-refractivity contribution in [1.82, 2.24) is 0 Å². The molecule has 3 nitrogen and oxygen atoms in total. The molecule has 0 fully saturated rings. The molecule has 0 atom stereocenters. The Balaban J connectivity index is 2.43. The Morgan fingerprint density at radius 2 is 1.73 bits per heavy atom. The van der Waals surface area contributed by atoms with E-state index in [4.69, 9.17) is 0 Å². The fourth-order valence-electron chi connectivity index (χ4n) is 2.00. The normalized spacial score (nSPS) is 12.2. The van der Waals surface area contributed by atoms with Crippen molar-refractivity contribution in [2.24, 2.45) is 0 Å². The van der Waals surface area contributed by atoms with Crippen LogP contribution in [0.2, 0.25) is 0 Å². The van der Waals surface area contributed by atoms with Gasteiger partial charge >= 0.3 is 6.18 Å². The molecule has 0 aromatic heterocycles. The lowest BCUT2D eigenvalue weighted by Crippen LogP contribution is -2.18. The first-order valence-electron chi connectivity index (χ1n) is 6.52. The Labute approximate surface area is 126 Å². The van der Waals surface area contributed by atoms with Crippen LogP contribution < -0.4 is 4.72 Å². The molecule has 0 bridgehead atoms. The number of halogens is 3. The van der Waals surface area contributed by atoms with Gasteiger partial charge in [-0.2, -0.15) is 13.2 Å². The average molecular weight is 329 g/mol. The summed E-state index contributed by atoms with van der Waals surface area (Å²) in [7, 11) is -4.32. The minimum absolute atomic E-state index is 0.233. The molecule has 0 radical (unpaired) electrons. The summed E-state index contributed by atoms with van der Waals surface area (Å²) in [6.45, 7) is 1.90. The van der Waals surface area contributed by atoms with Gasteiger partial charge in [-0.05, 0) is 36.2 Å². The van der Waals surface area contributed by atoms with Gasteiger partial charge in [-0.25, -0.2) is 8.42 Å². The van der Waals surface area contributed by atoms with Crippen LogP contribution in [-0.2, 0) is 22.6 Å². The highest BCUT2D eigenvalue weighted by Crippen LogP contribution is 2.34. The van der Waals surface area contributed by atoms with Crippen LogP contribution in [-0.4, -0.2) is 8.42 Å². The highest BCUT2D eigenvalue weighted by molar-refractivity contribution is 7.92. The smallest absolute Gasteiger partial charge is 0.280 e. The first-order valence-corrected chi connectivity index (χ1v) is 8.00. The summed E-state index contributed by atoms with van der Waals surface area (Å²) in [6, 6.07) is 10.6. The molecule has 0 aliphatic rings. The van der Waals surface area contributed by atoms with Gasteiger partial charge in [0.05, 0.1) is 10.5 Å². The lowest BCUT2D eigenvalue weighted by atomic mass is 10.1. The van der Waals surface area contributed by atoms with Gasteiger partial charge in [0.1, 0.15) is 0 Å².